The Morgan fingerprint density at radius 1 is 1.35 bits per heavy atom. The van der Waals surface area contributed by atoms with Crippen LogP contribution in [-0.4, -0.2) is 28.6 Å². The molecule has 23 heavy (non-hydrogen) atoms. The van der Waals surface area contributed by atoms with Gasteiger partial charge in [0.1, 0.15) is 5.15 Å². The first kappa shape index (κ1) is 17.7. The summed E-state index contributed by atoms with van der Waals surface area (Å²) in [5, 5.41) is 5.82. The summed E-state index contributed by atoms with van der Waals surface area (Å²) in [7, 11) is 0. The molecule has 6 nitrogen and oxygen atoms in total. The average molecular weight is 352 g/mol. The van der Waals surface area contributed by atoms with Crippen LogP contribution in [0.1, 0.15) is 25.8 Å². The van der Waals surface area contributed by atoms with E-state index in [1.165, 1.54) is 0 Å². The molecule has 2 aromatic rings. The van der Waals surface area contributed by atoms with Crippen LogP contribution >= 0.6 is 23.4 Å². The number of thioether (sulfide) groups is 1. The Kier molecular flexibility index (Phi) is 5.93. The van der Waals surface area contributed by atoms with Crippen molar-refractivity contribution >= 4 is 34.1 Å². The van der Waals surface area contributed by atoms with Gasteiger partial charge in [-0.3, -0.25) is 0 Å². The Labute approximate surface area is 144 Å². The Hall–Kier alpha value is -1.69. The van der Waals surface area contributed by atoms with E-state index in [0.717, 1.165) is 28.5 Å². The van der Waals surface area contributed by atoms with Gasteiger partial charge in [0.05, 0.1) is 17.5 Å². The van der Waals surface area contributed by atoms with Crippen molar-refractivity contribution in [3.8, 4) is 5.88 Å². The molecule has 2 aromatic heterocycles. The van der Waals surface area contributed by atoms with Gasteiger partial charge in [0, 0.05) is 17.3 Å². The van der Waals surface area contributed by atoms with Crippen LogP contribution in [0.15, 0.2) is 23.6 Å². The lowest BCUT2D eigenvalue weighted by Crippen LogP contribution is -2.14. The average Bonchev–Trinajstić information content (AvgIpc) is 2.50. The van der Waals surface area contributed by atoms with E-state index in [1.54, 1.807) is 30.2 Å². The molecule has 0 aliphatic rings. The smallest absolute Gasteiger partial charge is 0.222 e. The molecule has 0 aromatic carbocycles. The van der Waals surface area contributed by atoms with Crippen molar-refractivity contribution in [1.29, 1.82) is 0 Å². The van der Waals surface area contributed by atoms with Gasteiger partial charge in [0.2, 0.25) is 5.88 Å². The molecule has 122 valence electrons. The molecule has 0 bridgehead atoms. The monoisotopic (exact) mass is 351 g/mol. The predicted octanol–water partition coefficient (Wildman–Crippen LogP) is 4.96. The number of fused-ring (bicyclic) bond motifs is 1. The Balaban J connectivity index is 2.48. The largest absolute Gasteiger partial charge is 0.477 e. The van der Waals surface area contributed by atoms with Crippen molar-refractivity contribution in [2.45, 2.75) is 25.8 Å². The van der Waals surface area contributed by atoms with Gasteiger partial charge >= 0.3 is 0 Å². The van der Waals surface area contributed by atoms with Gasteiger partial charge in [-0.15, -0.1) is 0 Å². The van der Waals surface area contributed by atoms with Gasteiger partial charge in [-0.1, -0.05) is 30.6 Å². The number of hydrogen-bond acceptors (Lipinski definition) is 5. The molecule has 0 unspecified atom stereocenters. The minimum Gasteiger partial charge on any atom is -0.477 e. The molecule has 2 heterocycles. The zero-order chi connectivity index (χ0) is 16.9. The number of nitrogens with zero attached hydrogens (tertiary/aromatic N) is 5. The number of pyridine rings is 2. The summed E-state index contributed by atoms with van der Waals surface area (Å²) in [6.45, 7) is 4.25. The maximum atomic E-state index is 8.78. The van der Waals surface area contributed by atoms with E-state index in [4.69, 9.17) is 21.9 Å². The highest BCUT2D eigenvalue weighted by Gasteiger charge is 2.23. The van der Waals surface area contributed by atoms with Crippen LogP contribution in [0.3, 0.4) is 0 Å². The summed E-state index contributed by atoms with van der Waals surface area (Å²) in [6, 6.07) is 1.75. The second-order valence-electron chi connectivity index (χ2n) is 5.47. The molecular weight excluding hydrogens is 334 g/mol. The quantitative estimate of drug-likeness (QED) is 0.232. The highest BCUT2D eigenvalue weighted by atomic mass is 35.5. The first-order valence-electron chi connectivity index (χ1n) is 7.12. The molecule has 8 heteroatoms. The third-order valence-corrected chi connectivity index (χ3v) is 4.29. The first-order chi connectivity index (χ1) is 11.0. The second kappa shape index (κ2) is 7.73. The highest BCUT2D eigenvalue weighted by Crippen LogP contribution is 2.35. The van der Waals surface area contributed by atoms with E-state index >= 15 is 0 Å². The van der Waals surface area contributed by atoms with E-state index in [2.05, 4.69) is 26.2 Å². The molecular formula is C15H18ClN5OS. The van der Waals surface area contributed by atoms with Crippen LogP contribution in [0.5, 0.6) is 5.88 Å². The summed E-state index contributed by atoms with van der Waals surface area (Å²) in [4.78, 5) is 11.4. The molecule has 0 radical (unpaired) electrons. The van der Waals surface area contributed by atoms with Gasteiger partial charge < -0.3 is 4.74 Å². The van der Waals surface area contributed by atoms with Crippen molar-refractivity contribution < 1.29 is 4.74 Å². The SMILES string of the molecule is CSCCCOc1ncc(C(C)(C)N=[N+]=[N-])c2cc(Cl)ncc12. The van der Waals surface area contributed by atoms with E-state index in [9.17, 15) is 0 Å². The molecule has 0 saturated heterocycles. The Morgan fingerprint density at radius 3 is 2.83 bits per heavy atom. The normalized spacial score (nSPS) is 11.3. The molecule has 0 aliphatic heterocycles. The van der Waals surface area contributed by atoms with Gasteiger partial charge in [-0.2, -0.15) is 11.8 Å². The van der Waals surface area contributed by atoms with Gasteiger partial charge in [0.25, 0.3) is 0 Å². The number of hydrogen-bond donors (Lipinski definition) is 0. The lowest BCUT2D eigenvalue weighted by Gasteiger charge is -2.21. The molecule has 0 aliphatic carbocycles. The number of rotatable bonds is 7. The fraction of sp³-hybridized carbons (Fsp3) is 0.467. The van der Waals surface area contributed by atoms with Crippen LogP contribution in [-0.2, 0) is 5.54 Å². The van der Waals surface area contributed by atoms with Crippen LogP contribution in [0.2, 0.25) is 5.15 Å². The third-order valence-electron chi connectivity index (χ3n) is 3.39. The summed E-state index contributed by atoms with van der Waals surface area (Å²) >= 11 is 7.81. The molecule has 2 rings (SSSR count). The van der Waals surface area contributed by atoms with Crippen LogP contribution in [0.25, 0.3) is 21.2 Å². The molecule has 0 spiro atoms. The maximum absolute atomic E-state index is 8.78. The minimum absolute atomic E-state index is 0.370. The minimum atomic E-state index is -0.748. The molecule has 0 N–H and O–H groups in total. The summed E-state index contributed by atoms with van der Waals surface area (Å²) in [5.74, 6) is 1.55. The summed E-state index contributed by atoms with van der Waals surface area (Å²) in [5.41, 5.74) is 8.82. The van der Waals surface area contributed by atoms with E-state index < -0.39 is 5.54 Å². The summed E-state index contributed by atoms with van der Waals surface area (Å²) < 4.78 is 5.78. The Bertz CT molecular complexity index is 746. The summed E-state index contributed by atoms with van der Waals surface area (Å²) in [6.07, 6.45) is 6.32. The van der Waals surface area contributed by atoms with Crippen molar-refractivity contribution in [3.63, 3.8) is 0 Å². The van der Waals surface area contributed by atoms with Crippen molar-refractivity contribution in [2.75, 3.05) is 18.6 Å². The van der Waals surface area contributed by atoms with Crippen LogP contribution < -0.4 is 4.74 Å². The molecule has 0 fully saturated rings. The third kappa shape index (κ3) is 4.19. The lowest BCUT2D eigenvalue weighted by atomic mass is 9.93. The maximum Gasteiger partial charge on any atom is 0.222 e. The van der Waals surface area contributed by atoms with E-state index in [-0.39, 0.29) is 0 Å². The van der Waals surface area contributed by atoms with Crippen molar-refractivity contribution in [2.24, 2.45) is 5.11 Å². The van der Waals surface area contributed by atoms with Crippen LogP contribution in [0, 0.1) is 0 Å². The molecule has 0 saturated carbocycles. The van der Waals surface area contributed by atoms with E-state index in [1.807, 2.05) is 13.8 Å². The second-order valence-corrected chi connectivity index (χ2v) is 6.85. The molecule has 0 amide bonds. The highest BCUT2D eigenvalue weighted by molar-refractivity contribution is 7.98. The lowest BCUT2D eigenvalue weighted by molar-refractivity contribution is 0.310. The van der Waals surface area contributed by atoms with E-state index in [0.29, 0.717) is 17.6 Å². The van der Waals surface area contributed by atoms with Gasteiger partial charge in [0.15, 0.2) is 0 Å². The number of aromatic nitrogens is 2. The van der Waals surface area contributed by atoms with Crippen LogP contribution in [0.4, 0.5) is 0 Å². The standard InChI is InChI=1S/C15H18ClN5OS/c1-15(2,20-21-17)12-9-19-14(22-5-4-6-23-3)11-8-18-13(16)7-10(11)12/h7-9H,4-6H2,1-3H3. The first-order valence-corrected chi connectivity index (χ1v) is 8.89. The number of azide groups is 1. The zero-order valence-electron chi connectivity index (χ0n) is 13.3. The number of ether oxygens (including phenoxy) is 1. The fourth-order valence-electron chi connectivity index (χ4n) is 2.23. The predicted molar refractivity (Wildman–Crippen MR) is 95.2 cm³/mol. The van der Waals surface area contributed by atoms with Gasteiger partial charge in [-0.05, 0) is 41.0 Å². The molecule has 0 atom stereocenters. The topological polar surface area (TPSA) is 83.8 Å². The van der Waals surface area contributed by atoms with Gasteiger partial charge in [-0.25, -0.2) is 9.97 Å². The van der Waals surface area contributed by atoms with Crippen molar-refractivity contribution in [3.05, 3.63) is 39.6 Å². The Morgan fingerprint density at radius 2 is 2.13 bits per heavy atom. The fourth-order valence-corrected chi connectivity index (χ4v) is 2.79. The van der Waals surface area contributed by atoms with Crippen molar-refractivity contribution in [1.82, 2.24) is 9.97 Å². The zero-order valence-corrected chi connectivity index (χ0v) is 14.9. The number of halogens is 1.